The molecule has 2 heterocycles. The van der Waals surface area contributed by atoms with Crippen molar-refractivity contribution in [2.24, 2.45) is 5.92 Å². The van der Waals surface area contributed by atoms with Gasteiger partial charge in [0.05, 0.1) is 4.88 Å². The van der Waals surface area contributed by atoms with Gasteiger partial charge in [0.25, 0.3) is 0 Å². The van der Waals surface area contributed by atoms with Gasteiger partial charge < -0.3 is 14.7 Å². The number of amides is 1. The van der Waals surface area contributed by atoms with Crippen molar-refractivity contribution in [1.29, 1.82) is 0 Å². The number of ether oxygens (including phenoxy) is 1. The second-order valence-electron chi connectivity index (χ2n) is 4.86. The van der Waals surface area contributed by atoms with E-state index in [4.69, 9.17) is 9.84 Å². The highest BCUT2D eigenvalue weighted by Gasteiger charge is 2.24. The molecule has 0 radical (unpaired) electrons. The van der Waals surface area contributed by atoms with Crippen LogP contribution in [0.15, 0.2) is 11.4 Å². The average molecular weight is 293 g/mol. The van der Waals surface area contributed by atoms with Crippen LogP contribution in [0.3, 0.4) is 0 Å². The minimum absolute atomic E-state index is 0.0982. The molecule has 0 aliphatic carbocycles. The number of aliphatic hydroxyl groups is 1. The van der Waals surface area contributed by atoms with Crippen LogP contribution < -0.4 is 0 Å². The van der Waals surface area contributed by atoms with Crippen LogP contribution in [0.1, 0.15) is 23.3 Å². The van der Waals surface area contributed by atoms with Gasteiger partial charge in [0.1, 0.15) is 6.61 Å². The highest BCUT2D eigenvalue weighted by atomic mass is 32.1. The van der Waals surface area contributed by atoms with Gasteiger partial charge in [0.15, 0.2) is 0 Å². The minimum Gasteiger partial charge on any atom is -0.384 e. The van der Waals surface area contributed by atoms with E-state index in [1.165, 1.54) is 11.3 Å². The number of rotatable bonds is 3. The summed E-state index contributed by atoms with van der Waals surface area (Å²) in [4.78, 5) is 15.0. The topological polar surface area (TPSA) is 49.8 Å². The molecule has 1 aliphatic rings. The van der Waals surface area contributed by atoms with E-state index in [0.29, 0.717) is 19.8 Å². The zero-order chi connectivity index (χ0) is 14.4. The SMILES string of the molecule is CN(Cc1csc(C#CCO)c1)C(=O)C1CCOCC1. The second-order valence-corrected chi connectivity index (χ2v) is 5.77. The van der Waals surface area contributed by atoms with Crippen molar-refractivity contribution in [1.82, 2.24) is 4.90 Å². The number of carbonyl (C=O) groups excluding carboxylic acids is 1. The molecule has 1 amide bonds. The molecule has 1 fully saturated rings. The Hall–Kier alpha value is -1.35. The third-order valence-corrected chi connectivity index (χ3v) is 4.21. The van der Waals surface area contributed by atoms with Crippen LogP contribution in [0.4, 0.5) is 0 Å². The molecule has 20 heavy (non-hydrogen) atoms. The molecule has 0 unspecified atom stereocenters. The summed E-state index contributed by atoms with van der Waals surface area (Å²) in [6, 6.07) is 1.97. The van der Waals surface area contributed by atoms with Crippen molar-refractivity contribution in [3.8, 4) is 11.8 Å². The Bertz CT molecular complexity index is 509. The zero-order valence-electron chi connectivity index (χ0n) is 11.6. The summed E-state index contributed by atoms with van der Waals surface area (Å²) in [6.07, 6.45) is 1.64. The number of hydrogen-bond donors (Lipinski definition) is 1. The molecule has 1 aliphatic heterocycles. The molecule has 108 valence electrons. The molecular formula is C15H19NO3S. The largest absolute Gasteiger partial charge is 0.384 e. The van der Waals surface area contributed by atoms with Gasteiger partial charge >= 0.3 is 0 Å². The van der Waals surface area contributed by atoms with Gasteiger partial charge in [-0.1, -0.05) is 11.8 Å². The molecule has 1 saturated heterocycles. The number of carbonyl (C=O) groups is 1. The molecule has 1 aromatic heterocycles. The van der Waals surface area contributed by atoms with Crippen molar-refractivity contribution >= 4 is 17.2 Å². The molecule has 0 atom stereocenters. The molecular weight excluding hydrogens is 274 g/mol. The smallest absolute Gasteiger partial charge is 0.225 e. The highest BCUT2D eigenvalue weighted by Crippen LogP contribution is 2.20. The Morgan fingerprint density at radius 2 is 2.30 bits per heavy atom. The van der Waals surface area contributed by atoms with Gasteiger partial charge in [-0.25, -0.2) is 0 Å². The van der Waals surface area contributed by atoms with E-state index in [0.717, 1.165) is 23.3 Å². The average Bonchev–Trinajstić information content (AvgIpc) is 2.92. The van der Waals surface area contributed by atoms with Crippen LogP contribution in [0.25, 0.3) is 0 Å². The van der Waals surface area contributed by atoms with Crippen molar-refractivity contribution in [2.75, 3.05) is 26.9 Å². The highest BCUT2D eigenvalue weighted by molar-refractivity contribution is 7.10. The van der Waals surface area contributed by atoms with Gasteiger partial charge in [-0.05, 0) is 29.9 Å². The Balaban J connectivity index is 1.91. The Kier molecular flexibility index (Phi) is 5.60. The van der Waals surface area contributed by atoms with Gasteiger partial charge in [0.2, 0.25) is 5.91 Å². The fourth-order valence-electron chi connectivity index (χ4n) is 2.26. The van der Waals surface area contributed by atoms with E-state index < -0.39 is 0 Å². The lowest BCUT2D eigenvalue weighted by Crippen LogP contribution is -2.35. The van der Waals surface area contributed by atoms with Crippen molar-refractivity contribution < 1.29 is 14.6 Å². The summed E-state index contributed by atoms with van der Waals surface area (Å²) < 4.78 is 5.28. The molecule has 0 bridgehead atoms. The third-order valence-electron chi connectivity index (χ3n) is 3.31. The molecule has 0 saturated carbocycles. The second kappa shape index (κ2) is 7.44. The molecule has 1 aromatic rings. The van der Waals surface area contributed by atoms with Crippen molar-refractivity contribution in [2.45, 2.75) is 19.4 Å². The number of hydrogen-bond acceptors (Lipinski definition) is 4. The van der Waals surface area contributed by atoms with E-state index >= 15 is 0 Å². The summed E-state index contributed by atoms with van der Waals surface area (Å²) in [7, 11) is 1.84. The first kappa shape index (κ1) is 15.0. The first-order valence-electron chi connectivity index (χ1n) is 6.70. The van der Waals surface area contributed by atoms with E-state index in [1.54, 1.807) is 4.90 Å². The predicted octanol–water partition coefficient (Wildman–Crippen LogP) is 1.48. The van der Waals surface area contributed by atoms with Crippen LogP contribution in [0, 0.1) is 17.8 Å². The fraction of sp³-hybridized carbons (Fsp3) is 0.533. The van der Waals surface area contributed by atoms with Crippen LogP contribution >= 0.6 is 11.3 Å². The molecule has 1 N–H and O–H groups in total. The fourth-order valence-corrected chi connectivity index (χ4v) is 3.03. The van der Waals surface area contributed by atoms with Gasteiger partial charge in [-0.15, -0.1) is 11.3 Å². The maximum atomic E-state index is 12.3. The summed E-state index contributed by atoms with van der Waals surface area (Å²) in [5.41, 5.74) is 1.08. The molecule has 0 spiro atoms. The Morgan fingerprint density at radius 3 is 3.00 bits per heavy atom. The van der Waals surface area contributed by atoms with Crippen LogP contribution in [0.2, 0.25) is 0 Å². The van der Waals surface area contributed by atoms with Gasteiger partial charge in [-0.2, -0.15) is 0 Å². The first-order valence-corrected chi connectivity index (χ1v) is 7.58. The third kappa shape index (κ3) is 4.07. The van der Waals surface area contributed by atoms with E-state index in [9.17, 15) is 4.79 Å². The summed E-state index contributed by atoms with van der Waals surface area (Å²) in [5.74, 6) is 5.80. The summed E-state index contributed by atoms with van der Waals surface area (Å²) in [6.45, 7) is 1.84. The number of nitrogens with zero attached hydrogens (tertiary/aromatic N) is 1. The number of thiophene rings is 1. The summed E-state index contributed by atoms with van der Waals surface area (Å²) in [5, 5.41) is 10.7. The van der Waals surface area contributed by atoms with Crippen molar-refractivity contribution in [3.63, 3.8) is 0 Å². The molecule has 0 aromatic carbocycles. The van der Waals surface area contributed by atoms with Crippen LogP contribution in [0.5, 0.6) is 0 Å². The standard InChI is InChI=1S/C15H19NO3S/c1-16(15(18)13-4-7-19-8-5-13)10-12-9-14(20-11-12)3-2-6-17/h9,11,13,17H,4-8,10H2,1H3. The van der Waals surface area contributed by atoms with E-state index in [1.807, 2.05) is 18.5 Å². The lowest BCUT2D eigenvalue weighted by atomic mass is 9.99. The molecule has 5 heteroatoms. The Morgan fingerprint density at radius 1 is 1.55 bits per heavy atom. The quantitative estimate of drug-likeness (QED) is 0.859. The Labute approximate surface area is 123 Å². The first-order chi connectivity index (χ1) is 9.70. The van der Waals surface area contributed by atoms with Crippen molar-refractivity contribution in [3.05, 3.63) is 21.9 Å². The lowest BCUT2D eigenvalue weighted by Gasteiger charge is -2.26. The number of aliphatic hydroxyl groups excluding tert-OH is 1. The lowest BCUT2D eigenvalue weighted by molar-refractivity contribution is -0.137. The summed E-state index contributed by atoms with van der Waals surface area (Å²) >= 11 is 1.54. The monoisotopic (exact) mass is 293 g/mol. The molecule has 2 rings (SSSR count). The zero-order valence-corrected chi connectivity index (χ0v) is 12.4. The van der Waals surface area contributed by atoms with Gasteiger partial charge in [-0.3, -0.25) is 4.79 Å². The van der Waals surface area contributed by atoms with Crippen LogP contribution in [-0.2, 0) is 16.1 Å². The van der Waals surface area contributed by atoms with Gasteiger partial charge in [0, 0.05) is 32.7 Å². The van der Waals surface area contributed by atoms with E-state index in [-0.39, 0.29) is 18.4 Å². The minimum atomic E-state index is -0.130. The maximum absolute atomic E-state index is 12.3. The predicted molar refractivity (Wildman–Crippen MR) is 78.3 cm³/mol. The maximum Gasteiger partial charge on any atom is 0.225 e. The van der Waals surface area contributed by atoms with E-state index in [2.05, 4.69) is 11.8 Å². The van der Waals surface area contributed by atoms with Crippen LogP contribution in [-0.4, -0.2) is 42.8 Å². The normalized spacial score (nSPS) is 15.5. The molecule has 4 nitrogen and oxygen atoms in total.